The van der Waals surface area contributed by atoms with Gasteiger partial charge in [0.25, 0.3) is 0 Å². The Morgan fingerprint density at radius 1 is 1.28 bits per heavy atom. The Bertz CT molecular complexity index is 1060. The van der Waals surface area contributed by atoms with Crippen LogP contribution in [0.3, 0.4) is 0 Å². The van der Waals surface area contributed by atoms with Crippen molar-refractivity contribution in [2.45, 2.75) is 45.4 Å². The number of H-pyrrole nitrogens is 1. The van der Waals surface area contributed by atoms with Gasteiger partial charge in [-0.05, 0) is 36.7 Å². The number of nitrogens with one attached hydrogen (secondary N) is 1. The van der Waals surface area contributed by atoms with Crippen molar-refractivity contribution >= 4 is 17.0 Å². The molecule has 6 nitrogen and oxygen atoms in total. The number of aromatic nitrogens is 4. The second kappa shape index (κ2) is 7.50. The molecule has 0 aliphatic heterocycles. The maximum atomic E-state index is 14.5. The SMILES string of the molecule is CC1([C@H](CC(=O)O)Cc2nc(-c3c[nH]c4ncc(F)cc34)ncc2F)CCCC1. The molecule has 1 aliphatic carbocycles. The largest absolute Gasteiger partial charge is 0.481 e. The minimum absolute atomic E-state index is 0.0303. The molecule has 1 fully saturated rings. The number of aromatic amines is 1. The zero-order chi connectivity index (χ0) is 20.6. The highest BCUT2D eigenvalue weighted by Gasteiger charge is 2.38. The molecule has 0 amide bonds. The lowest BCUT2D eigenvalue weighted by Gasteiger charge is -2.33. The van der Waals surface area contributed by atoms with E-state index in [1.807, 2.05) is 0 Å². The van der Waals surface area contributed by atoms with Gasteiger partial charge in [-0.1, -0.05) is 19.8 Å². The second-order valence-electron chi connectivity index (χ2n) is 8.10. The molecule has 0 saturated heterocycles. The van der Waals surface area contributed by atoms with Crippen molar-refractivity contribution in [3.05, 3.63) is 42.0 Å². The lowest BCUT2D eigenvalue weighted by atomic mass is 9.72. The average Bonchev–Trinajstić information content (AvgIpc) is 3.29. The van der Waals surface area contributed by atoms with E-state index >= 15 is 0 Å². The number of carboxylic acids is 1. The Balaban J connectivity index is 1.70. The summed E-state index contributed by atoms with van der Waals surface area (Å²) < 4.78 is 28.2. The summed E-state index contributed by atoms with van der Waals surface area (Å²) in [6.45, 7) is 2.09. The summed E-state index contributed by atoms with van der Waals surface area (Å²) in [6.07, 6.45) is 7.97. The van der Waals surface area contributed by atoms with Crippen molar-refractivity contribution in [3.63, 3.8) is 0 Å². The Hall–Kier alpha value is -2.90. The number of hydrogen-bond acceptors (Lipinski definition) is 4. The highest BCUT2D eigenvalue weighted by molar-refractivity contribution is 5.91. The van der Waals surface area contributed by atoms with Gasteiger partial charge in [0.15, 0.2) is 11.6 Å². The van der Waals surface area contributed by atoms with Crippen molar-refractivity contribution in [2.24, 2.45) is 11.3 Å². The molecule has 4 rings (SSSR count). The van der Waals surface area contributed by atoms with E-state index in [4.69, 9.17) is 0 Å². The van der Waals surface area contributed by atoms with Crippen molar-refractivity contribution in [2.75, 3.05) is 0 Å². The van der Waals surface area contributed by atoms with Crippen LogP contribution < -0.4 is 0 Å². The highest BCUT2D eigenvalue weighted by atomic mass is 19.1. The molecule has 1 aliphatic rings. The van der Waals surface area contributed by atoms with Gasteiger partial charge in [-0.15, -0.1) is 0 Å². The Kier molecular flexibility index (Phi) is 5.02. The fourth-order valence-corrected chi connectivity index (χ4v) is 4.44. The standard InChI is InChI=1S/C21H22F2N4O2/c1-21(4-2-3-5-21)12(7-18(28)29)6-17-16(23)11-26-20(27-17)15-10-25-19-14(15)8-13(22)9-24-19/h8-12H,2-7H2,1H3,(H,24,25)(H,28,29)/t12-/m0/s1. The minimum Gasteiger partial charge on any atom is -0.481 e. The Labute approximate surface area is 166 Å². The zero-order valence-corrected chi connectivity index (χ0v) is 16.1. The third kappa shape index (κ3) is 3.83. The normalized spacial score (nSPS) is 16.9. The van der Waals surface area contributed by atoms with E-state index in [0.29, 0.717) is 16.6 Å². The van der Waals surface area contributed by atoms with Gasteiger partial charge in [0.2, 0.25) is 0 Å². The summed E-state index contributed by atoms with van der Waals surface area (Å²) in [6, 6.07) is 1.33. The topological polar surface area (TPSA) is 91.8 Å². The lowest BCUT2D eigenvalue weighted by molar-refractivity contribution is -0.139. The molecule has 0 aromatic carbocycles. The number of aliphatic carboxylic acids is 1. The van der Waals surface area contributed by atoms with Crippen LogP contribution in [0.15, 0.2) is 24.7 Å². The predicted octanol–water partition coefficient (Wildman–Crippen LogP) is 4.51. The highest BCUT2D eigenvalue weighted by Crippen LogP contribution is 2.46. The smallest absolute Gasteiger partial charge is 0.303 e. The number of carbonyl (C=O) groups is 1. The second-order valence-corrected chi connectivity index (χ2v) is 8.10. The Morgan fingerprint density at radius 3 is 2.76 bits per heavy atom. The third-order valence-electron chi connectivity index (χ3n) is 6.15. The first-order valence-corrected chi connectivity index (χ1v) is 9.72. The van der Waals surface area contributed by atoms with E-state index < -0.39 is 17.6 Å². The number of halogens is 2. The van der Waals surface area contributed by atoms with Gasteiger partial charge in [-0.3, -0.25) is 4.79 Å². The lowest BCUT2D eigenvalue weighted by Crippen LogP contribution is -2.29. The van der Waals surface area contributed by atoms with Crippen LogP contribution >= 0.6 is 0 Å². The van der Waals surface area contributed by atoms with Crippen LogP contribution in [0.5, 0.6) is 0 Å². The molecule has 0 bridgehead atoms. The predicted molar refractivity (Wildman–Crippen MR) is 103 cm³/mol. The quantitative estimate of drug-likeness (QED) is 0.635. The monoisotopic (exact) mass is 400 g/mol. The molecule has 8 heteroatoms. The molecule has 1 atom stereocenters. The number of rotatable bonds is 6. The summed E-state index contributed by atoms with van der Waals surface area (Å²) >= 11 is 0. The van der Waals surface area contributed by atoms with Crippen LogP contribution in [-0.4, -0.2) is 31.0 Å². The zero-order valence-electron chi connectivity index (χ0n) is 16.1. The maximum absolute atomic E-state index is 14.5. The summed E-state index contributed by atoms with van der Waals surface area (Å²) in [5, 5.41) is 9.89. The third-order valence-corrected chi connectivity index (χ3v) is 6.15. The fourth-order valence-electron chi connectivity index (χ4n) is 4.44. The van der Waals surface area contributed by atoms with Crippen LogP contribution in [0.1, 0.15) is 44.7 Å². The van der Waals surface area contributed by atoms with Crippen LogP contribution in [0.4, 0.5) is 8.78 Å². The molecular formula is C21H22F2N4O2. The molecule has 3 aromatic heterocycles. The molecule has 0 unspecified atom stereocenters. The van der Waals surface area contributed by atoms with Crippen molar-refractivity contribution in [3.8, 4) is 11.4 Å². The summed E-state index contributed by atoms with van der Waals surface area (Å²) in [5.41, 5.74) is 1.05. The summed E-state index contributed by atoms with van der Waals surface area (Å²) in [7, 11) is 0. The molecular weight excluding hydrogens is 378 g/mol. The molecule has 0 spiro atoms. The Morgan fingerprint density at radius 2 is 2.03 bits per heavy atom. The van der Waals surface area contributed by atoms with Crippen LogP contribution in [-0.2, 0) is 11.2 Å². The van der Waals surface area contributed by atoms with Gasteiger partial charge in [0, 0.05) is 23.6 Å². The molecule has 0 radical (unpaired) electrons. The summed E-state index contributed by atoms with van der Waals surface area (Å²) in [5.74, 6) is -1.91. The van der Waals surface area contributed by atoms with E-state index in [2.05, 4.69) is 26.9 Å². The van der Waals surface area contributed by atoms with Crippen molar-refractivity contribution in [1.82, 2.24) is 19.9 Å². The van der Waals surface area contributed by atoms with Crippen molar-refractivity contribution in [1.29, 1.82) is 0 Å². The first-order chi connectivity index (χ1) is 13.9. The van der Waals surface area contributed by atoms with Gasteiger partial charge in [0.1, 0.15) is 11.5 Å². The fraction of sp³-hybridized carbons (Fsp3) is 0.429. The first kappa shape index (κ1) is 19.4. The van der Waals surface area contributed by atoms with Crippen LogP contribution in [0.2, 0.25) is 0 Å². The van der Waals surface area contributed by atoms with E-state index in [1.165, 1.54) is 6.07 Å². The molecule has 3 heterocycles. The van der Waals surface area contributed by atoms with E-state index in [0.717, 1.165) is 38.1 Å². The van der Waals surface area contributed by atoms with Crippen molar-refractivity contribution < 1.29 is 18.7 Å². The maximum Gasteiger partial charge on any atom is 0.303 e. The molecule has 152 valence electrons. The first-order valence-electron chi connectivity index (χ1n) is 9.72. The number of carboxylic acid groups (broad SMARTS) is 1. The van der Waals surface area contributed by atoms with Gasteiger partial charge in [0.05, 0.1) is 18.1 Å². The van der Waals surface area contributed by atoms with Gasteiger partial charge in [-0.25, -0.2) is 23.7 Å². The van der Waals surface area contributed by atoms with Gasteiger partial charge < -0.3 is 10.1 Å². The van der Waals surface area contributed by atoms with E-state index in [1.54, 1.807) is 6.20 Å². The molecule has 2 N–H and O–H groups in total. The summed E-state index contributed by atoms with van der Waals surface area (Å²) in [4.78, 5) is 26.8. The number of hydrogen-bond donors (Lipinski definition) is 2. The van der Waals surface area contributed by atoms with Crippen LogP contribution in [0, 0.1) is 23.0 Å². The van der Waals surface area contributed by atoms with E-state index in [9.17, 15) is 18.7 Å². The number of nitrogens with zero attached hydrogens (tertiary/aromatic N) is 3. The number of fused-ring (bicyclic) bond motifs is 1. The minimum atomic E-state index is -0.893. The van der Waals surface area contributed by atoms with Gasteiger partial charge >= 0.3 is 5.97 Å². The number of pyridine rings is 1. The van der Waals surface area contributed by atoms with Crippen LogP contribution in [0.25, 0.3) is 22.4 Å². The van der Waals surface area contributed by atoms with E-state index in [-0.39, 0.29) is 35.7 Å². The molecule has 3 aromatic rings. The average molecular weight is 400 g/mol. The van der Waals surface area contributed by atoms with Gasteiger partial charge in [-0.2, -0.15) is 0 Å². The molecule has 1 saturated carbocycles. The molecule has 29 heavy (non-hydrogen) atoms.